The van der Waals surface area contributed by atoms with Crippen LogP contribution in [0.15, 0.2) is 6.20 Å². The SMILES string of the molecule is COCC1CCN(c2nc(NN)ncc2F)CC1. The molecule has 2 heterocycles. The Morgan fingerprint density at radius 1 is 1.56 bits per heavy atom. The number of nitrogens with two attached hydrogens (primary N) is 1. The summed E-state index contributed by atoms with van der Waals surface area (Å²) in [6, 6.07) is 0. The molecule has 1 fully saturated rings. The molecule has 18 heavy (non-hydrogen) atoms. The molecular formula is C11H18FN5O. The van der Waals surface area contributed by atoms with Crippen molar-refractivity contribution in [2.45, 2.75) is 12.8 Å². The summed E-state index contributed by atoms with van der Waals surface area (Å²) >= 11 is 0. The number of aromatic nitrogens is 2. The van der Waals surface area contributed by atoms with E-state index in [-0.39, 0.29) is 5.95 Å². The number of piperidine rings is 1. The molecule has 1 aliphatic rings. The minimum absolute atomic E-state index is 0.227. The molecule has 2 rings (SSSR count). The highest BCUT2D eigenvalue weighted by Crippen LogP contribution is 2.24. The first-order chi connectivity index (χ1) is 8.74. The number of rotatable bonds is 4. The highest BCUT2D eigenvalue weighted by atomic mass is 19.1. The lowest BCUT2D eigenvalue weighted by molar-refractivity contribution is 0.139. The van der Waals surface area contributed by atoms with Gasteiger partial charge in [-0.1, -0.05) is 0 Å². The van der Waals surface area contributed by atoms with Gasteiger partial charge in [-0.25, -0.2) is 15.2 Å². The number of anilines is 2. The number of halogens is 1. The van der Waals surface area contributed by atoms with E-state index in [2.05, 4.69) is 15.4 Å². The molecule has 0 bridgehead atoms. The number of hydrogen-bond donors (Lipinski definition) is 2. The number of nitrogens with zero attached hydrogens (tertiary/aromatic N) is 3. The van der Waals surface area contributed by atoms with E-state index in [0.29, 0.717) is 11.7 Å². The lowest BCUT2D eigenvalue weighted by atomic mass is 9.98. The molecule has 0 spiro atoms. The maximum Gasteiger partial charge on any atom is 0.239 e. The molecule has 100 valence electrons. The molecule has 1 aromatic heterocycles. The number of nitrogen functional groups attached to an aromatic ring is 1. The van der Waals surface area contributed by atoms with Gasteiger partial charge < -0.3 is 9.64 Å². The van der Waals surface area contributed by atoms with Gasteiger partial charge in [0, 0.05) is 26.8 Å². The average Bonchev–Trinajstić information content (AvgIpc) is 2.41. The number of ether oxygens (including phenoxy) is 1. The molecule has 0 atom stereocenters. The van der Waals surface area contributed by atoms with Crippen molar-refractivity contribution in [3.8, 4) is 0 Å². The van der Waals surface area contributed by atoms with Gasteiger partial charge in [-0.15, -0.1) is 0 Å². The Labute approximate surface area is 105 Å². The van der Waals surface area contributed by atoms with Gasteiger partial charge in [-0.2, -0.15) is 4.98 Å². The molecule has 0 amide bonds. The van der Waals surface area contributed by atoms with E-state index in [1.165, 1.54) is 0 Å². The Hall–Kier alpha value is -1.47. The van der Waals surface area contributed by atoms with E-state index in [1.54, 1.807) is 7.11 Å². The van der Waals surface area contributed by atoms with Crippen LogP contribution in [0.5, 0.6) is 0 Å². The monoisotopic (exact) mass is 255 g/mol. The quantitative estimate of drug-likeness (QED) is 0.611. The van der Waals surface area contributed by atoms with Gasteiger partial charge in [-0.05, 0) is 18.8 Å². The molecule has 7 heteroatoms. The molecule has 0 radical (unpaired) electrons. The highest BCUT2D eigenvalue weighted by molar-refractivity contribution is 5.43. The number of methoxy groups -OCH3 is 1. The third-order valence-corrected chi connectivity index (χ3v) is 3.17. The summed E-state index contributed by atoms with van der Waals surface area (Å²) < 4.78 is 18.8. The molecular weight excluding hydrogens is 237 g/mol. The maximum atomic E-state index is 13.7. The van der Waals surface area contributed by atoms with Crippen molar-refractivity contribution in [2.24, 2.45) is 11.8 Å². The first-order valence-electron chi connectivity index (χ1n) is 5.97. The van der Waals surface area contributed by atoms with Crippen LogP contribution in [0.3, 0.4) is 0 Å². The van der Waals surface area contributed by atoms with E-state index in [9.17, 15) is 4.39 Å². The molecule has 0 aliphatic carbocycles. The van der Waals surface area contributed by atoms with Crippen LogP contribution >= 0.6 is 0 Å². The summed E-state index contributed by atoms with van der Waals surface area (Å²) in [5, 5.41) is 0. The van der Waals surface area contributed by atoms with Crippen molar-refractivity contribution in [1.82, 2.24) is 9.97 Å². The van der Waals surface area contributed by atoms with Crippen molar-refractivity contribution in [3.63, 3.8) is 0 Å². The number of nitrogens with one attached hydrogen (secondary N) is 1. The van der Waals surface area contributed by atoms with Crippen LogP contribution in [-0.2, 0) is 4.74 Å². The van der Waals surface area contributed by atoms with Crippen LogP contribution in [0.4, 0.5) is 16.2 Å². The minimum atomic E-state index is -0.417. The summed E-state index contributed by atoms with van der Waals surface area (Å²) in [5.41, 5.74) is 2.33. The first-order valence-corrected chi connectivity index (χ1v) is 5.97. The van der Waals surface area contributed by atoms with Gasteiger partial charge in [-0.3, -0.25) is 5.43 Å². The van der Waals surface area contributed by atoms with E-state index in [4.69, 9.17) is 10.6 Å². The van der Waals surface area contributed by atoms with Crippen LogP contribution < -0.4 is 16.2 Å². The Balaban J connectivity index is 2.04. The smallest absolute Gasteiger partial charge is 0.239 e. The predicted octanol–water partition coefficient (Wildman–Crippen LogP) is 0.764. The third-order valence-electron chi connectivity index (χ3n) is 3.17. The Bertz CT molecular complexity index is 395. The van der Waals surface area contributed by atoms with Crippen LogP contribution in [0.2, 0.25) is 0 Å². The fourth-order valence-electron chi connectivity index (χ4n) is 2.20. The summed E-state index contributed by atoms with van der Waals surface area (Å²) in [4.78, 5) is 9.71. The first kappa shape index (κ1) is 13.0. The molecule has 1 aromatic rings. The van der Waals surface area contributed by atoms with Gasteiger partial charge in [0.2, 0.25) is 5.95 Å². The number of hydrogen-bond acceptors (Lipinski definition) is 6. The molecule has 0 aromatic carbocycles. The lowest BCUT2D eigenvalue weighted by Gasteiger charge is -2.32. The van der Waals surface area contributed by atoms with Gasteiger partial charge in [0.1, 0.15) is 0 Å². The lowest BCUT2D eigenvalue weighted by Crippen LogP contribution is -2.36. The van der Waals surface area contributed by atoms with E-state index in [1.807, 2.05) is 4.90 Å². The third kappa shape index (κ3) is 2.85. The molecule has 6 nitrogen and oxygen atoms in total. The fourth-order valence-corrected chi connectivity index (χ4v) is 2.20. The van der Waals surface area contributed by atoms with Crippen molar-refractivity contribution < 1.29 is 9.13 Å². The maximum absolute atomic E-state index is 13.7. The predicted molar refractivity (Wildman–Crippen MR) is 66.6 cm³/mol. The Morgan fingerprint density at radius 2 is 2.28 bits per heavy atom. The van der Waals surface area contributed by atoms with Crippen LogP contribution in [-0.4, -0.2) is 36.8 Å². The number of hydrazine groups is 1. The van der Waals surface area contributed by atoms with Crippen molar-refractivity contribution >= 4 is 11.8 Å². The summed E-state index contributed by atoms with van der Waals surface area (Å²) in [6.45, 7) is 2.30. The Kier molecular flexibility index (Phi) is 4.27. The minimum Gasteiger partial charge on any atom is -0.384 e. The topological polar surface area (TPSA) is 76.3 Å². The second-order valence-corrected chi connectivity index (χ2v) is 4.40. The highest BCUT2D eigenvalue weighted by Gasteiger charge is 2.22. The second kappa shape index (κ2) is 5.92. The van der Waals surface area contributed by atoms with E-state index < -0.39 is 5.82 Å². The Morgan fingerprint density at radius 3 is 2.89 bits per heavy atom. The molecule has 1 saturated heterocycles. The van der Waals surface area contributed by atoms with Crippen molar-refractivity contribution in [3.05, 3.63) is 12.0 Å². The van der Waals surface area contributed by atoms with Gasteiger partial charge >= 0.3 is 0 Å². The summed E-state index contributed by atoms with van der Waals surface area (Å²) in [5.74, 6) is 5.90. The zero-order valence-electron chi connectivity index (χ0n) is 10.4. The van der Waals surface area contributed by atoms with Crippen molar-refractivity contribution in [2.75, 3.05) is 37.1 Å². The molecule has 0 unspecified atom stereocenters. The zero-order valence-corrected chi connectivity index (χ0v) is 10.4. The molecule has 3 N–H and O–H groups in total. The van der Waals surface area contributed by atoms with Crippen molar-refractivity contribution in [1.29, 1.82) is 0 Å². The van der Waals surface area contributed by atoms with Crippen LogP contribution in [0.25, 0.3) is 0 Å². The van der Waals surface area contributed by atoms with Gasteiger partial charge in [0.05, 0.1) is 6.20 Å². The zero-order chi connectivity index (χ0) is 13.0. The largest absolute Gasteiger partial charge is 0.384 e. The average molecular weight is 255 g/mol. The standard InChI is InChI=1S/C11H18FN5O/c1-18-7-8-2-4-17(5-3-8)10-9(12)6-14-11(15-10)16-13/h6,8H,2-5,7,13H2,1H3,(H,14,15,16). The second-order valence-electron chi connectivity index (χ2n) is 4.40. The fraction of sp³-hybridized carbons (Fsp3) is 0.636. The van der Waals surface area contributed by atoms with Crippen LogP contribution in [0.1, 0.15) is 12.8 Å². The van der Waals surface area contributed by atoms with Gasteiger partial charge in [0.15, 0.2) is 11.6 Å². The summed E-state index contributed by atoms with van der Waals surface area (Å²) in [7, 11) is 1.70. The molecule has 0 saturated carbocycles. The summed E-state index contributed by atoms with van der Waals surface area (Å²) in [6.07, 6.45) is 3.09. The van der Waals surface area contributed by atoms with E-state index in [0.717, 1.165) is 38.7 Å². The molecule has 1 aliphatic heterocycles. The normalized spacial score (nSPS) is 16.9. The van der Waals surface area contributed by atoms with E-state index >= 15 is 0 Å². The van der Waals surface area contributed by atoms with Crippen LogP contribution in [0, 0.1) is 11.7 Å². The van der Waals surface area contributed by atoms with Gasteiger partial charge in [0.25, 0.3) is 0 Å².